The van der Waals surface area contributed by atoms with E-state index in [2.05, 4.69) is 15.3 Å². The van der Waals surface area contributed by atoms with Gasteiger partial charge in [-0.05, 0) is 12.1 Å². The summed E-state index contributed by atoms with van der Waals surface area (Å²) in [5.41, 5.74) is 1.96. The lowest BCUT2D eigenvalue weighted by Gasteiger charge is -2.03. The summed E-state index contributed by atoms with van der Waals surface area (Å²) in [5.74, 6) is 1.90. The lowest BCUT2D eigenvalue weighted by molar-refractivity contribution is -0.119. The second-order valence-corrected chi connectivity index (χ2v) is 4.62. The zero-order valence-corrected chi connectivity index (χ0v) is 10.6. The molecule has 0 aliphatic carbocycles. The average Bonchev–Trinajstić information content (AvgIpc) is 3.07. The van der Waals surface area contributed by atoms with Gasteiger partial charge in [0.05, 0.1) is 19.0 Å². The number of benzene rings is 1. The van der Waals surface area contributed by atoms with Crippen LogP contribution in [0.25, 0.3) is 11.3 Å². The minimum atomic E-state index is 0.0873. The highest BCUT2D eigenvalue weighted by atomic mass is 16.5. The van der Waals surface area contributed by atoms with Crippen molar-refractivity contribution in [2.24, 2.45) is 0 Å². The smallest absolute Gasteiger partial charge is 0.220 e. The van der Waals surface area contributed by atoms with E-state index < -0.39 is 0 Å². The maximum absolute atomic E-state index is 11.2. The number of rotatable bonds is 3. The van der Waals surface area contributed by atoms with E-state index >= 15 is 0 Å². The number of nitrogens with one attached hydrogen (secondary N) is 2. The number of carbonyl (C=O) groups excluding carboxylic acids is 1. The maximum Gasteiger partial charge on any atom is 0.220 e. The Bertz CT molecular complexity index is 606. The third kappa shape index (κ3) is 2.31. The van der Waals surface area contributed by atoms with Gasteiger partial charge in [0.1, 0.15) is 11.6 Å². The number of aromatic amines is 1. The van der Waals surface area contributed by atoms with Crippen molar-refractivity contribution in [3.05, 3.63) is 36.3 Å². The molecule has 5 heteroatoms. The average molecular weight is 257 g/mol. The lowest BCUT2D eigenvalue weighted by atomic mass is 10.1. The van der Waals surface area contributed by atoms with E-state index in [1.807, 2.05) is 24.3 Å². The van der Waals surface area contributed by atoms with Gasteiger partial charge in [0.15, 0.2) is 0 Å². The van der Waals surface area contributed by atoms with Crippen molar-refractivity contribution in [2.75, 3.05) is 13.7 Å². The van der Waals surface area contributed by atoms with Crippen molar-refractivity contribution >= 4 is 5.91 Å². The Morgan fingerprint density at radius 2 is 2.32 bits per heavy atom. The first-order valence-corrected chi connectivity index (χ1v) is 6.22. The second kappa shape index (κ2) is 4.76. The molecule has 1 aromatic heterocycles. The van der Waals surface area contributed by atoms with Crippen LogP contribution in [0, 0.1) is 0 Å². The van der Waals surface area contributed by atoms with Crippen LogP contribution in [-0.2, 0) is 4.79 Å². The van der Waals surface area contributed by atoms with Crippen molar-refractivity contribution in [2.45, 2.75) is 12.3 Å². The van der Waals surface area contributed by atoms with E-state index in [9.17, 15) is 4.79 Å². The molecule has 0 saturated carbocycles. The van der Waals surface area contributed by atoms with Crippen LogP contribution in [0.2, 0.25) is 0 Å². The Morgan fingerprint density at radius 1 is 1.42 bits per heavy atom. The van der Waals surface area contributed by atoms with Gasteiger partial charge in [-0.15, -0.1) is 0 Å². The number of aromatic nitrogens is 2. The van der Waals surface area contributed by atoms with Crippen LogP contribution in [0.4, 0.5) is 0 Å². The number of carbonyl (C=O) groups is 1. The molecular weight excluding hydrogens is 242 g/mol. The largest absolute Gasteiger partial charge is 0.497 e. The van der Waals surface area contributed by atoms with Crippen molar-refractivity contribution in [1.29, 1.82) is 0 Å². The van der Waals surface area contributed by atoms with E-state index in [1.54, 1.807) is 13.3 Å². The normalized spacial score (nSPS) is 18.4. The summed E-state index contributed by atoms with van der Waals surface area (Å²) in [6.07, 6.45) is 2.30. The maximum atomic E-state index is 11.2. The summed E-state index contributed by atoms with van der Waals surface area (Å²) in [6, 6.07) is 7.79. The predicted octanol–water partition coefficient (Wildman–Crippen LogP) is 1.69. The summed E-state index contributed by atoms with van der Waals surface area (Å²) in [5, 5.41) is 2.82. The van der Waals surface area contributed by atoms with Crippen LogP contribution in [0.3, 0.4) is 0 Å². The zero-order chi connectivity index (χ0) is 13.2. The van der Waals surface area contributed by atoms with Gasteiger partial charge in [-0.3, -0.25) is 4.79 Å². The molecule has 1 atom stereocenters. The molecule has 3 rings (SSSR count). The molecule has 1 unspecified atom stereocenters. The molecule has 2 aromatic rings. The molecule has 1 aliphatic rings. The third-order valence-corrected chi connectivity index (χ3v) is 3.34. The number of imidazole rings is 1. The van der Waals surface area contributed by atoms with Gasteiger partial charge in [0.25, 0.3) is 0 Å². The van der Waals surface area contributed by atoms with Crippen LogP contribution >= 0.6 is 0 Å². The molecule has 2 N–H and O–H groups in total. The van der Waals surface area contributed by atoms with E-state index in [4.69, 9.17) is 4.74 Å². The molecular formula is C14H15N3O2. The van der Waals surface area contributed by atoms with Crippen molar-refractivity contribution in [3.8, 4) is 17.0 Å². The van der Waals surface area contributed by atoms with Gasteiger partial charge in [-0.25, -0.2) is 4.98 Å². The number of H-pyrrole nitrogens is 1. The number of ether oxygens (including phenoxy) is 1. The highest BCUT2D eigenvalue weighted by molar-refractivity contribution is 5.79. The Kier molecular flexibility index (Phi) is 2.95. The van der Waals surface area contributed by atoms with Gasteiger partial charge in [-0.1, -0.05) is 12.1 Å². The summed E-state index contributed by atoms with van der Waals surface area (Å²) >= 11 is 0. The summed E-state index contributed by atoms with van der Waals surface area (Å²) in [7, 11) is 1.65. The van der Waals surface area contributed by atoms with Gasteiger partial charge in [-0.2, -0.15) is 0 Å². The molecule has 1 fully saturated rings. The van der Waals surface area contributed by atoms with Gasteiger partial charge in [0, 0.05) is 24.4 Å². The number of hydrogen-bond donors (Lipinski definition) is 2. The first-order valence-electron chi connectivity index (χ1n) is 6.22. The minimum Gasteiger partial charge on any atom is -0.497 e. The molecule has 0 bridgehead atoms. The first-order chi connectivity index (χ1) is 9.26. The van der Waals surface area contributed by atoms with Gasteiger partial charge < -0.3 is 15.0 Å². The van der Waals surface area contributed by atoms with E-state index in [1.165, 1.54) is 0 Å². The molecule has 98 valence electrons. The summed E-state index contributed by atoms with van der Waals surface area (Å²) in [4.78, 5) is 18.9. The third-order valence-electron chi connectivity index (χ3n) is 3.34. The van der Waals surface area contributed by atoms with Gasteiger partial charge >= 0.3 is 0 Å². The molecule has 5 nitrogen and oxygen atoms in total. The van der Waals surface area contributed by atoms with E-state index in [0.717, 1.165) is 22.8 Å². The molecule has 0 spiro atoms. The van der Waals surface area contributed by atoms with Crippen molar-refractivity contribution in [1.82, 2.24) is 15.3 Å². The van der Waals surface area contributed by atoms with Gasteiger partial charge in [0.2, 0.25) is 5.91 Å². The van der Waals surface area contributed by atoms with Crippen LogP contribution in [0.15, 0.2) is 30.5 Å². The fraction of sp³-hybridized carbons (Fsp3) is 0.286. The number of methoxy groups -OCH3 is 1. The monoisotopic (exact) mass is 257 g/mol. The quantitative estimate of drug-likeness (QED) is 0.879. The second-order valence-electron chi connectivity index (χ2n) is 4.62. The molecule has 2 heterocycles. The Balaban J connectivity index is 1.86. The highest BCUT2D eigenvalue weighted by Crippen LogP contribution is 2.26. The molecule has 1 aliphatic heterocycles. The zero-order valence-electron chi connectivity index (χ0n) is 10.6. The fourth-order valence-corrected chi connectivity index (χ4v) is 2.28. The summed E-state index contributed by atoms with van der Waals surface area (Å²) < 4.78 is 5.21. The van der Waals surface area contributed by atoms with E-state index in [0.29, 0.717) is 13.0 Å². The van der Waals surface area contributed by atoms with Crippen LogP contribution in [-0.4, -0.2) is 29.5 Å². The highest BCUT2D eigenvalue weighted by Gasteiger charge is 2.25. The minimum absolute atomic E-state index is 0.0873. The molecule has 1 amide bonds. The lowest BCUT2D eigenvalue weighted by Crippen LogP contribution is -2.13. The van der Waals surface area contributed by atoms with Crippen molar-refractivity contribution in [3.63, 3.8) is 0 Å². The number of hydrogen-bond acceptors (Lipinski definition) is 3. The topological polar surface area (TPSA) is 67.0 Å². The van der Waals surface area contributed by atoms with Crippen LogP contribution < -0.4 is 10.1 Å². The Morgan fingerprint density at radius 3 is 3.05 bits per heavy atom. The summed E-state index contributed by atoms with van der Waals surface area (Å²) in [6.45, 7) is 0.657. The van der Waals surface area contributed by atoms with Crippen LogP contribution in [0.5, 0.6) is 5.75 Å². The number of nitrogens with zero attached hydrogens (tertiary/aromatic N) is 1. The first kappa shape index (κ1) is 11.8. The Hall–Kier alpha value is -2.30. The molecule has 1 saturated heterocycles. The Labute approximate surface area is 111 Å². The fourth-order valence-electron chi connectivity index (χ4n) is 2.28. The van der Waals surface area contributed by atoms with Crippen LogP contribution in [0.1, 0.15) is 18.2 Å². The predicted molar refractivity (Wildman–Crippen MR) is 70.9 cm³/mol. The molecule has 0 radical (unpaired) electrons. The standard InChI is InChI=1S/C14H15N3O2/c1-19-11-4-2-3-9(5-11)12-8-16-14(17-12)10-6-13(18)15-7-10/h2-5,8,10H,6-7H2,1H3,(H,15,18)(H,16,17). The van der Waals surface area contributed by atoms with Crippen molar-refractivity contribution < 1.29 is 9.53 Å². The van der Waals surface area contributed by atoms with E-state index in [-0.39, 0.29) is 11.8 Å². The molecule has 19 heavy (non-hydrogen) atoms. The molecule has 1 aromatic carbocycles. The SMILES string of the molecule is COc1cccc(-c2cnc(C3CNC(=O)C3)[nH]2)c1. The number of amides is 1.